The van der Waals surface area contributed by atoms with Crippen molar-refractivity contribution < 1.29 is 9.90 Å². The van der Waals surface area contributed by atoms with Crippen molar-refractivity contribution in [1.29, 1.82) is 0 Å². The molecule has 0 aromatic heterocycles. The summed E-state index contributed by atoms with van der Waals surface area (Å²) < 4.78 is 0. The molecule has 3 heteroatoms. The molecule has 0 aromatic carbocycles. The molecule has 112 valence electrons. The molecule has 1 aliphatic carbocycles. The lowest BCUT2D eigenvalue weighted by Gasteiger charge is -2.37. The van der Waals surface area contributed by atoms with Crippen LogP contribution in [-0.2, 0) is 4.79 Å². The maximum Gasteiger partial charge on any atom is 0.226 e. The minimum absolute atomic E-state index is 0.0748. The Hall–Kier alpha value is -0.570. The molecule has 1 fully saturated rings. The van der Waals surface area contributed by atoms with Crippen molar-refractivity contribution in [2.24, 2.45) is 11.8 Å². The number of hydrogen-bond acceptors (Lipinski definition) is 2. The normalized spacial score (nSPS) is 18.6. The van der Waals surface area contributed by atoms with Crippen LogP contribution in [0.2, 0.25) is 0 Å². The number of carbonyl (C=O) groups is 1. The third-order valence-corrected chi connectivity index (χ3v) is 4.33. The maximum atomic E-state index is 12.7. The minimum Gasteiger partial charge on any atom is -0.395 e. The largest absolute Gasteiger partial charge is 0.395 e. The number of carbonyl (C=O) groups excluding carboxylic acids is 1. The first kappa shape index (κ1) is 16.5. The Morgan fingerprint density at radius 1 is 1.26 bits per heavy atom. The Kier molecular flexibility index (Phi) is 7.44. The monoisotopic (exact) mass is 269 g/mol. The van der Waals surface area contributed by atoms with Crippen molar-refractivity contribution in [2.45, 2.75) is 71.8 Å². The lowest BCUT2D eigenvalue weighted by molar-refractivity contribution is -0.140. The van der Waals surface area contributed by atoms with Crippen LogP contribution < -0.4 is 0 Å². The highest BCUT2D eigenvalue weighted by atomic mass is 16.3. The molecule has 0 heterocycles. The molecule has 1 amide bonds. The van der Waals surface area contributed by atoms with Crippen LogP contribution in [0.1, 0.15) is 65.7 Å². The second-order valence-corrected chi connectivity index (χ2v) is 6.19. The number of amides is 1. The summed E-state index contributed by atoms with van der Waals surface area (Å²) in [5.74, 6) is 0.957. The van der Waals surface area contributed by atoms with Gasteiger partial charge in [0.25, 0.3) is 0 Å². The predicted molar refractivity (Wildman–Crippen MR) is 78.9 cm³/mol. The first-order valence-corrected chi connectivity index (χ1v) is 8.03. The van der Waals surface area contributed by atoms with E-state index in [0.29, 0.717) is 18.4 Å². The molecule has 1 saturated carbocycles. The summed E-state index contributed by atoms with van der Waals surface area (Å²) in [6.07, 6.45) is 7.84. The summed E-state index contributed by atoms with van der Waals surface area (Å²) in [5.41, 5.74) is 0. The van der Waals surface area contributed by atoms with Crippen LogP contribution in [0, 0.1) is 11.8 Å². The van der Waals surface area contributed by atoms with Crippen molar-refractivity contribution >= 4 is 5.91 Å². The van der Waals surface area contributed by atoms with E-state index in [-0.39, 0.29) is 18.6 Å². The van der Waals surface area contributed by atoms with Gasteiger partial charge in [-0.1, -0.05) is 46.5 Å². The molecule has 0 saturated heterocycles. The van der Waals surface area contributed by atoms with E-state index in [2.05, 4.69) is 20.8 Å². The fourth-order valence-corrected chi connectivity index (χ4v) is 3.28. The average molecular weight is 269 g/mol. The van der Waals surface area contributed by atoms with Crippen LogP contribution in [0.5, 0.6) is 0 Å². The number of aliphatic hydroxyl groups excluding tert-OH is 1. The standard InChI is InChI=1S/C16H31NO2/c1-4-8-15(13(2)3)17(11-12-18)16(19)14-9-6-5-7-10-14/h13-15,18H,4-12H2,1-3H3. The Balaban J connectivity index is 2.74. The van der Waals surface area contributed by atoms with Gasteiger partial charge in [0, 0.05) is 18.5 Å². The van der Waals surface area contributed by atoms with E-state index in [1.807, 2.05) is 4.90 Å². The molecular formula is C16H31NO2. The molecule has 1 aliphatic rings. The highest BCUT2D eigenvalue weighted by Crippen LogP contribution is 2.28. The van der Waals surface area contributed by atoms with Crippen molar-refractivity contribution in [3.05, 3.63) is 0 Å². The molecule has 1 rings (SSSR count). The van der Waals surface area contributed by atoms with E-state index in [1.165, 1.54) is 19.3 Å². The molecule has 3 nitrogen and oxygen atoms in total. The van der Waals surface area contributed by atoms with E-state index in [4.69, 9.17) is 0 Å². The van der Waals surface area contributed by atoms with Crippen LogP contribution in [0.15, 0.2) is 0 Å². The summed E-state index contributed by atoms with van der Waals surface area (Å²) in [5, 5.41) is 9.29. The quantitative estimate of drug-likeness (QED) is 0.771. The van der Waals surface area contributed by atoms with Gasteiger partial charge in [-0.05, 0) is 25.2 Å². The van der Waals surface area contributed by atoms with E-state index in [1.54, 1.807) is 0 Å². The van der Waals surface area contributed by atoms with Crippen molar-refractivity contribution in [3.63, 3.8) is 0 Å². The van der Waals surface area contributed by atoms with E-state index >= 15 is 0 Å². The van der Waals surface area contributed by atoms with Crippen molar-refractivity contribution in [3.8, 4) is 0 Å². The fourth-order valence-electron chi connectivity index (χ4n) is 3.28. The lowest BCUT2D eigenvalue weighted by atomic mass is 9.87. The summed E-state index contributed by atoms with van der Waals surface area (Å²) >= 11 is 0. The van der Waals surface area contributed by atoms with Crippen LogP contribution in [0.3, 0.4) is 0 Å². The topological polar surface area (TPSA) is 40.5 Å². The third kappa shape index (κ3) is 4.79. The molecule has 0 aromatic rings. The zero-order valence-corrected chi connectivity index (χ0v) is 12.9. The van der Waals surface area contributed by atoms with Gasteiger partial charge in [0.2, 0.25) is 5.91 Å². The fraction of sp³-hybridized carbons (Fsp3) is 0.938. The van der Waals surface area contributed by atoms with Crippen LogP contribution >= 0.6 is 0 Å². The number of nitrogens with zero attached hydrogens (tertiary/aromatic N) is 1. The smallest absolute Gasteiger partial charge is 0.226 e. The molecule has 0 bridgehead atoms. The number of rotatable bonds is 7. The van der Waals surface area contributed by atoms with Gasteiger partial charge in [0.05, 0.1) is 6.61 Å². The molecule has 0 radical (unpaired) electrons. The molecule has 1 N–H and O–H groups in total. The highest BCUT2D eigenvalue weighted by Gasteiger charge is 2.31. The zero-order chi connectivity index (χ0) is 14.3. The van der Waals surface area contributed by atoms with Crippen LogP contribution in [-0.4, -0.2) is 35.1 Å². The van der Waals surface area contributed by atoms with E-state index < -0.39 is 0 Å². The average Bonchev–Trinajstić information content (AvgIpc) is 2.42. The van der Waals surface area contributed by atoms with Gasteiger partial charge in [0.15, 0.2) is 0 Å². The minimum atomic E-state index is 0.0748. The van der Waals surface area contributed by atoms with Gasteiger partial charge < -0.3 is 10.0 Å². The third-order valence-electron chi connectivity index (χ3n) is 4.33. The van der Waals surface area contributed by atoms with Gasteiger partial charge >= 0.3 is 0 Å². The summed E-state index contributed by atoms with van der Waals surface area (Å²) in [6, 6.07) is 0.284. The van der Waals surface area contributed by atoms with Gasteiger partial charge in [-0.2, -0.15) is 0 Å². The van der Waals surface area contributed by atoms with E-state index in [0.717, 1.165) is 25.7 Å². The first-order valence-electron chi connectivity index (χ1n) is 8.03. The van der Waals surface area contributed by atoms with Crippen LogP contribution in [0.25, 0.3) is 0 Å². The van der Waals surface area contributed by atoms with Crippen LogP contribution in [0.4, 0.5) is 0 Å². The van der Waals surface area contributed by atoms with Gasteiger partial charge in [-0.15, -0.1) is 0 Å². The second kappa shape index (κ2) is 8.57. The molecule has 19 heavy (non-hydrogen) atoms. The molecular weight excluding hydrogens is 238 g/mol. The SMILES string of the molecule is CCCC(C(C)C)N(CCO)C(=O)C1CCCCC1. The second-order valence-electron chi connectivity index (χ2n) is 6.19. The highest BCUT2D eigenvalue weighted by molar-refractivity contribution is 5.79. The summed E-state index contributed by atoms with van der Waals surface area (Å²) in [7, 11) is 0. The Morgan fingerprint density at radius 3 is 2.37 bits per heavy atom. The Bertz CT molecular complexity index is 259. The molecule has 0 spiro atoms. The molecule has 0 aliphatic heterocycles. The number of aliphatic hydroxyl groups is 1. The lowest BCUT2D eigenvalue weighted by Crippen LogP contribution is -2.47. The number of hydrogen-bond donors (Lipinski definition) is 1. The molecule has 1 unspecified atom stereocenters. The zero-order valence-electron chi connectivity index (χ0n) is 12.9. The van der Waals surface area contributed by atoms with Crippen molar-refractivity contribution in [2.75, 3.05) is 13.2 Å². The van der Waals surface area contributed by atoms with Gasteiger partial charge in [-0.25, -0.2) is 0 Å². The van der Waals surface area contributed by atoms with Gasteiger partial charge in [-0.3, -0.25) is 4.79 Å². The van der Waals surface area contributed by atoms with Gasteiger partial charge in [0.1, 0.15) is 0 Å². The van der Waals surface area contributed by atoms with Crippen molar-refractivity contribution in [1.82, 2.24) is 4.90 Å². The van der Waals surface area contributed by atoms with E-state index in [9.17, 15) is 9.90 Å². The summed E-state index contributed by atoms with van der Waals surface area (Å²) in [4.78, 5) is 14.7. The maximum absolute atomic E-state index is 12.7. The Morgan fingerprint density at radius 2 is 1.89 bits per heavy atom. The Labute approximate surface area is 118 Å². The molecule has 1 atom stereocenters. The predicted octanol–water partition coefficient (Wildman–Crippen LogP) is 3.21. The summed E-state index contributed by atoms with van der Waals surface area (Å²) in [6.45, 7) is 7.10. The first-order chi connectivity index (χ1) is 9.11.